The summed E-state index contributed by atoms with van der Waals surface area (Å²) >= 11 is 0. The minimum atomic E-state index is -0.248. The Morgan fingerprint density at radius 3 is 2.64 bits per heavy atom. The first-order chi connectivity index (χ1) is 10.6. The van der Waals surface area contributed by atoms with Crippen molar-refractivity contribution in [2.24, 2.45) is 0 Å². The lowest BCUT2D eigenvalue weighted by Gasteiger charge is -2.09. The molecule has 0 fully saturated rings. The van der Waals surface area contributed by atoms with Crippen LogP contribution in [0.4, 0.5) is 10.2 Å². The number of carbonyl (C=O) groups is 1. The number of pyridine rings is 1. The molecule has 0 atom stereocenters. The molecule has 1 heterocycles. The zero-order chi connectivity index (χ0) is 15.9. The zero-order valence-electron chi connectivity index (χ0n) is 12.8. The second kappa shape index (κ2) is 7.54. The molecule has 0 saturated carbocycles. The van der Waals surface area contributed by atoms with Crippen molar-refractivity contribution in [3.05, 3.63) is 59.5 Å². The smallest absolute Gasteiger partial charge is 0.252 e. The largest absolute Gasteiger partial charge is 0.368 e. The summed E-state index contributed by atoms with van der Waals surface area (Å²) in [6, 6.07) is 10.3. The van der Waals surface area contributed by atoms with Crippen molar-refractivity contribution in [2.45, 2.75) is 26.3 Å². The van der Waals surface area contributed by atoms with Crippen LogP contribution in [0, 0.1) is 5.82 Å². The first-order valence-corrected chi connectivity index (χ1v) is 7.30. The van der Waals surface area contributed by atoms with E-state index in [1.807, 2.05) is 13.8 Å². The van der Waals surface area contributed by atoms with Crippen molar-refractivity contribution in [1.82, 2.24) is 10.3 Å². The number of hydrogen-bond donors (Lipinski definition) is 2. The van der Waals surface area contributed by atoms with Gasteiger partial charge in [-0.25, -0.2) is 9.37 Å². The maximum Gasteiger partial charge on any atom is 0.252 e. The highest BCUT2D eigenvalue weighted by Gasteiger charge is 2.07. The molecule has 0 aliphatic carbocycles. The predicted octanol–water partition coefficient (Wildman–Crippen LogP) is 3.01. The van der Waals surface area contributed by atoms with Gasteiger partial charge in [-0.15, -0.1) is 0 Å². The molecule has 0 aliphatic heterocycles. The van der Waals surface area contributed by atoms with E-state index in [9.17, 15) is 9.18 Å². The Hall–Kier alpha value is -2.43. The van der Waals surface area contributed by atoms with Gasteiger partial charge < -0.3 is 10.6 Å². The SMILES string of the molecule is CC(C)Nc1ccc(C(=O)NCCc2ccccc2F)cn1. The Morgan fingerprint density at radius 1 is 1.23 bits per heavy atom. The van der Waals surface area contributed by atoms with Crippen molar-refractivity contribution >= 4 is 11.7 Å². The van der Waals surface area contributed by atoms with Crippen LogP contribution in [0.1, 0.15) is 29.8 Å². The van der Waals surface area contributed by atoms with Gasteiger partial charge in [0.05, 0.1) is 5.56 Å². The first kappa shape index (κ1) is 15.9. The first-order valence-electron chi connectivity index (χ1n) is 7.30. The fraction of sp³-hybridized carbons (Fsp3) is 0.294. The highest BCUT2D eigenvalue weighted by atomic mass is 19.1. The molecule has 0 radical (unpaired) electrons. The number of hydrogen-bond acceptors (Lipinski definition) is 3. The molecule has 0 aliphatic rings. The van der Waals surface area contributed by atoms with E-state index in [-0.39, 0.29) is 17.8 Å². The summed E-state index contributed by atoms with van der Waals surface area (Å²) in [5, 5.41) is 5.93. The van der Waals surface area contributed by atoms with E-state index in [0.717, 1.165) is 5.82 Å². The number of aromatic nitrogens is 1. The molecule has 1 aromatic heterocycles. The quantitative estimate of drug-likeness (QED) is 0.862. The molecule has 2 rings (SSSR count). The molecule has 4 nitrogen and oxygen atoms in total. The van der Waals surface area contributed by atoms with E-state index in [2.05, 4.69) is 15.6 Å². The van der Waals surface area contributed by atoms with Crippen LogP contribution in [0.15, 0.2) is 42.6 Å². The number of anilines is 1. The molecule has 2 N–H and O–H groups in total. The molecular weight excluding hydrogens is 281 g/mol. The maximum absolute atomic E-state index is 13.5. The van der Waals surface area contributed by atoms with E-state index >= 15 is 0 Å². The van der Waals surface area contributed by atoms with Crippen LogP contribution >= 0.6 is 0 Å². The summed E-state index contributed by atoms with van der Waals surface area (Å²) in [4.78, 5) is 16.2. The molecule has 22 heavy (non-hydrogen) atoms. The summed E-state index contributed by atoms with van der Waals surface area (Å²) in [6.45, 7) is 4.42. The maximum atomic E-state index is 13.5. The van der Waals surface area contributed by atoms with E-state index < -0.39 is 0 Å². The third-order valence-electron chi connectivity index (χ3n) is 3.10. The lowest BCUT2D eigenvalue weighted by Crippen LogP contribution is -2.26. The van der Waals surface area contributed by atoms with Crippen LogP contribution in [0.25, 0.3) is 0 Å². The predicted molar refractivity (Wildman–Crippen MR) is 85.4 cm³/mol. The number of amides is 1. The van der Waals surface area contributed by atoms with Gasteiger partial charge in [-0.05, 0) is 44.0 Å². The lowest BCUT2D eigenvalue weighted by molar-refractivity contribution is 0.0953. The average molecular weight is 301 g/mol. The highest BCUT2D eigenvalue weighted by Crippen LogP contribution is 2.08. The molecule has 0 unspecified atom stereocenters. The molecule has 5 heteroatoms. The third-order valence-corrected chi connectivity index (χ3v) is 3.10. The van der Waals surface area contributed by atoms with E-state index in [1.54, 1.807) is 30.3 Å². The molecule has 0 bridgehead atoms. The Labute approximate surface area is 129 Å². The zero-order valence-corrected chi connectivity index (χ0v) is 12.8. The summed E-state index contributed by atoms with van der Waals surface area (Å²) in [5.74, 6) is 0.278. The Balaban J connectivity index is 1.86. The number of rotatable bonds is 6. The standard InChI is InChI=1S/C17H20FN3O/c1-12(2)21-16-8-7-14(11-20-16)17(22)19-10-9-13-5-3-4-6-15(13)18/h3-8,11-12H,9-10H2,1-2H3,(H,19,22)(H,20,21). The Kier molecular flexibility index (Phi) is 5.47. The van der Waals surface area contributed by atoms with Crippen molar-refractivity contribution < 1.29 is 9.18 Å². The second-order valence-corrected chi connectivity index (χ2v) is 5.33. The van der Waals surface area contributed by atoms with Gasteiger partial charge in [0.15, 0.2) is 0 Å². The van der Waals surface area contributed by atoms with Gasteiger partial charge in [0, 0.05) is 18.8 Å². The van der Waals surface area contributed by atoms with Gasteiger partial charge in [0.2, 0.25) is 0 Å². The fourth-order valence-electron chi connectivity index (χ4n) is 2.02. The minimum absolute atomic E-state index is 0.208. The summed E-state index contributed by atoms with van der Waals surface area (Å²) in [6.07, 6.45) is 1.99. The average Bonchev–Trinajstić information content (AvgIpc) is 2.49. The van der Waals surface area contributed by atoms with E-state index in [4.69, 9.17) is 0 Å². The molecule has 0 spiro atoms. The van der Waals surface area contributed by atoms with Crippen molar-refractivity contribution in [3.63, 3.8) is 0 Å². The minimum Gasteiger partial charge on any atom is -0.368 e. The third kappa shape index (κ3) is 4.55. The normalized spacial score (nSPS) is 10.5. The van der Waals surface area contributed by atoms with E-state index in [0.29, 0.717) is 24.1 Å². The van der Waals surface area contributed by atoms with Gasteiger partial charge in [-0.1, -0.05) is 18.2 Å². The molecule has 1 aromatic carbocycles. The summed E-state index contributed by atoms with van der Waals surface area (Å²) < 4.78 is 13.5. The van der Waals surface area contributed by atoms with Crippen molar-refractivity contribution in [1.29, 1.82) is 0 Å². The van der Waals surface area contributed by atoms with Crippen LogP contribution in [0.5, 0.6) is 0 Å². The van der Waals surface area contributed by atoms with Crippen LogP contribution in [0.3, 0.4) is 0 Å². The number of nitrogens with one attached hydrogen (secondary N) is 2. The molecule has 0 saturated heterocycles. The monoisotopic (exact) mass is 301 g/mol. The van der Waals surface area contributed by atoms with E-state index in [1.165, 1.54) is 12.3 Å². The topological polar surface area (TPSA) is 54.0 Å². The lowest BCUT2D eigenvalue weighted by atomic mass is 10.1. The highest BCUT2D eigenvalue weighted by molar-refractivity contribution is 5.94. The number of nitrogens with zero attached hydrogens (tertiary/aromatic N) is 1. The number of carbonyl (C=O) groups excluding carboxylic acids is 1. The van der Waals surface area contributed by atoms with Crippen molar-refractivity contribution in [3.8, 4) is 0 Å². The summed E-state index contributed by atoms with van der Waals surface area (Å²) in [5.41, 5.74) is 1.08. The van der Waals surface area contributed by atoms with Gasteiger partial charge >= 0.3 is 0 Å². The second-order valence-electron chi connectivity index (χ2n) is 5.33. The molecule has 116 valence electrons. The molecular formula is C17H20FN3O. The van der Waals surface area contributed by atoms with Gasteiger partial charge in [0.25, 0.3) is 5.91 Å². The molecule has 2 aromatic rings. The van der Waals surface area contributed by atoms with Crippen molar-refractivity contribution in [2.75, 3.05) is 11.9 Å². The number of halogens is 1. The Morgan fingerprint density at radius 2 is 2.00 bits per heavy atom. The van der Waals surface area contributed by atoms with Crippen LogP contribution in [-0.2, 0) is 6.42 Å². The molecule has 1 amide bonds. The number of benzene rings is 1. The van der Waals surface area contributed by atoms with Crippen LogP contribution in [0.2, 0.25) is 0 Å². The fourth-order valence-corrected chi connectivity index (χ4v) is 2.02. The van der Waals surface area contributed by atoms with Crippen LogP contribution < -0.4 is 10.6 Å². The van der Waals surface area contributed by atoms with Crippen LogP contribution in [-0.4, -0.2) is 23.5 Å². The summed E-state index contributed by atoms with van der Waals surface area (Å²) in [7, 11) is 0. The van der Waals surface area contributed by atoms with Gasteiger partial charge in [-0.2, -0.15) is 0 Å². The van der Waals surface area contributed by atoms with Gasteiger partial charge in [0.1, 0.15) is 11.6 Å². The Bertz CT molecular complexity index is 626. The van der Waals surface area contributed by atoms with Gasteiger partial charge in [-0.3, -0.25) is 4.79 Å².